The molecular weight excluding hydrogens is 356 g/mol. The van der Waals surface area contributed by atoms with Gasteiger partial charge in [0.1, 0.15) is 17.2 Å². The van der Waals surface area contributed by atoms with Crippen molar-refractivity contribution in [2.24, 2.45) is 5.73 Å². The summed E-state index contributed by atoms with van der Waals surface area (Å²) in [7, 11) is 0. The van der Waals surface area contributed by atoms with Crippen LogP contribution in [0.15, 0.2) is 44.8 Å². The highest BCUT2D eigenvalue weighted by Gasteiger charge is 2.14. The van der Waals surface area contributed by atoms with E-state index in [1.54, 1.807) is 0 Å². The van der Waals surface area contributed by atoms with E-state index in [9.17, 15) is 19.2 Å². The van der Waals surface area contributed by atoms with Gasteiger partial charge in [0.25, 0.3) is 5.56 Å². The van der Waals surface area contributed by atoms with E-state index in [0.29, 0.717) is 6.42 Å². The first kappa shape index (κ1) is 17.9. The van der Waals surface area contributed by atoms with Crippen LogP contribution in [0.25, 0.3) is 22.1 Å². The molecule has 140 valence electrons. The minimum Gasteiger partial charge on any atom is -0.480 e. The van der Waals surface area contributed by atoms with Gasteiger partial charge >= 0.3 is 17.3 Å². The van der Waals surface area contributed by atoms with E-state index < -0.39 is 28.9 Å². The predicted molar refractivity (Wildman–Crippen MR) is 97.8 cm³/mol. The number of carbonyl (C=O) groups is 1. The van der Waals surface area contributed by atoms with Crippen LogP contribution < -0.4 is 22.7 Å². The first-order valence-electron chi connectivity index (χ1n) is 7.83. The number of H-pyrrole nitrogens is 5. The summed E-state index contributed by atoms with van der Waals surface area (Å²) in [6, 6.07) is 6.91. The van der Waals surface area contributed by atoms with Crippen LogP contribution in [0.4, 0.5) is 0 Å². The van der Waals surface area contributed by atoms with E-state index in [2.05, 4.69) is 19.9 Å². The molecule has 0 saturated carbocycles. The number of aromatic nitrogens is 5. The van der Waals surface area contributed by atoms with E-state index in [0.717, 1.165) is 16.5 Å². The topological polar surface area (TPSA) is 193 Å². The third-order valence-electron chi connectivity index (χ3n) is 3.85. The number of nitrogens with two attached hydrogens (primary N) is 1. The first-order valence-corrected chi connectivity index (χ1v) is 7.83. The van der Waals surface area contributed by atoms with E-state index >= 15 is 0 Å². The van der Waals surface area contributed by atoms with E-state index in [4.69, 9.17) is 10.8 Å². The molecule has 1 atom stereocenters. The second-order valence-electron chi connectivity index (χ2n) is 5.75. The van der Waals surface area contributed by atoms with Gasteiger partial charge in [0.2, 0.25) is 0 Å². The number of hydrogen-bond acceptors (Lipinski definition) is 5. The Morgan fingerprint density at radius 2 is 1.70 bits per heavy atom. The zero-order chi connectivity index (χ0) is 19.6. The Kier molecular flexibility index (Phi) is 4.77. The van der Waals surface area contributed by atoms with Gasteiger partial charge in [-0.1, -0.05) is 18.2 Å². The molecule has 8 N–H and O–H groups in total. The molecule has 0 unspecified atom stereocenters. The molecule has 0 aliphatic carbocycles. The van der Waals surface area contributed by atoms with Crippen molar-refractivity contribution in [3.8, 4) is 0 Å². The van der Waals surface area contributed by atoms with Crippen molar-refractivity contribution in [1.29, 1.82) is 0 Å². The predicted octanol–water partition coefficient (Wildman–Crippen LogP) is -0.645. The third kappa shape index (κ3) is 3.88. The van der Waals surface area contributed by atoms with Crippen molar-refractivity contribution in [3.05, 3.63) is 67.3 Å². The summed E-state index contributed by atoms with van der Waals surface area (Å²) in [6.07, 6.45) is 2.16. The van der Waals surface area contributed by atoms with Crippen LogP contribution in [-0.2, 0) is 11.2 Å². The fraction of sp³-hybridized carbons (Fsp3) is 0.125. The number of imidazole rings is 1. The summed E-state index contributed by atoms with van der Waals surface area (Å²) in [6.45, 7) is 0. The van der Waals surface area contributed by atoms with Crippen molar-refractivity contribution in [2.45, 2.75) is 12.5 Å². The fourth-order valence-electron chi connectivity index (χ4n) is 2.58. The molecule has 11 nitrogen and oxygen atoms in total. The number of carboxylic acid groups (broad SMARTS) is 1. The molecule has 0 aliphatic heterocycles. The van der Waals surface area contributed by atoms with Gasteiger partial charge in [-0.3, -0.25) is 29.5 Å². The molecule has 0 fully saturated rings. The van der Waals surface area contributed by atoms with Crippen LogP contribution >= 0.6 is 0 Å². The summed E-state index contributed by atoms with van der Waals surface area (Å²) in [5.41, 5.74) is 5.78. The third-order valence-corrected chi connectivity index (χ3v) is 3.85. The Morgan fingerprint density at radius 3 is 2.41 bits per heavy atom. The van der Waals surface area contributed by atoms with Crippen molar-refractivity contribution in [2.75, 3.05) is 0 Å². The van der Waals surface area contributed by atoms with Gasteiger partial charge in [0.05, 0.1) is 0 Å². The number of aromatic amines is 5. The van der Waals surface area contributed by atoms with Gasteiger partial charge < -0.3 is 15.8 Å². The number of nitrogens with one attached hydrogen (secondary N) is 5. The highest BCUT2D eigenvalue weighted by atomic mass is 16.4. The quantitative estimate of drug-likeness (QED) is 0.250. The molecule has 0 saturated heterocycles. The van der Waals surface area contributed by atoms with Gasteiger partial charge in [-0.2, -0.15) is 0 Å². The van der Waals surface area contributed by atoms with Crippen LogP contribution in [-0.4, -0.2) is 42.0 Å². The van der Waals surface area contributed by atoms with Crippen molar-refractivity contribution < 1.29 is 9.90 Å². The summed E-state index contributed by atoms with van der Waals surface area (Å²) in [4.78, 5) is 54.7. The van der Waals surface area contributed by atoms with Crippen molar-refractivity contribution in [1.82, 2.24) is 24.9 Å². The van der Waals surface area contributed by atoms with E-state index in [1.165, 1.54) is 0 Å². The second kappa shape index (κ2) is 7.17. The lowest BCUT2D eigenvalue weighted by molar-refractivity contribution is -0.138. The minimum atomic E-state index is -0.972. The molecule has 4 aromatic rings. The molecule has 0 aliphatic rings. The zero-order valence-electron chi connectivity index (χ0n) is 13.8. The van der Waals surface area contributed by atoms with Gasteiger partial charge in [-0.15, -0.1) is 0 Å². The molecule has 0 bridgehead atoms. The van der Waals surface area contributed by atoms with Crippen LogP contribution in [0.1, 0.15) is 5.56 Å². The normalized spacial score (nSPS) is 11.9. The second-order valence-corrected chi connectivity index (χ2v) is 5.75. The number of aliphatic carboxylic acids is 1. The SMILES string of the molecule is N[C@@H](Cc1c[nH]c2ccccc12)C(=O)O.O=c1[nH]c(=O)c2[nH]c(=O)[nH]c2[nH]1. The van der Waals surface area contributed by atoms with Crippen LogP contribution in [0.3, 0.4) is 0 Å². The number of benzene rings is 1. The highest BCUT2D eigenvalue weighted by Crippen LogP contribution is 2.18. The maximum absolute atomic E-state index is 10.9. The van der Waals surface area contributed by atoms with Gasteiger partial charge in [-0.25, -0.2) is 9.59 Å². The van der Waals surface area contributed by atoms with Gasteiger partial charge in [0.15, 0.2) is 0 Å². The van der Waals surface area contributed by atoms with E-state index in [1.807, 2.05) is 35.4 Å². The lowest BCUT2D eigenvalue weighted by atomic mass is 10.1. The molecule has 1 aromatic carbocycles. The summed E-state index contributed by atoms with van der Waals surface area (Å²) < 4.78 is 0. The Labute approximate surface area is 149 Å². The minimum absolute atomic E-state index is 0.0413. The Hall–Kier alpha value is -3.86. The van der Waals surface area contributed by atoms with E-state index in [-0.39, 0.29) is 11.2 Å². The highest BCUT2D eigenvalue weighted by molar-refractivity contribution is 5.84. The Morgan fingerprint density at radius 1 is 1.04 bits per heavy atom. The van der Waals surface area contributed by atoms with Crippen LogP contribution in [0.5, 0.6) is 0 Å². The van der Waals surface area contributed by atoms with Crippen LogP contribution in [0.2, 0.25) is 0 Å². The lowest BCUT2D eigenvalue weighted by Gasteiger charge is -2.04. The standard InChI is InChI=1S/C11H12N2O2.C5H4N4O3/c12-9(11(14)15)5-7-6-13-10-4-2-1-3-8(7)10;10-3-1-2(7-4(11)6-1)8-5(12)9-3/h1-4,6,9,13H,5,12H2,(H,14,15);(H4,6,7,8,9,10,11,12)/t9-;/m0./s1. The van der Waals surface area contributed by atoms with Crippen LogP contribution in [0, 0.1) is 0 Å². The number of para-hydroxylation sites is 1. The first-order chi connectivity index (χ1) is 12.8. The smallest absolute Gasteiger partial charge is 0.327 e. The number of carboxylic acids is 1. The average molecular weight is 372 g/mol. The number of fused-ring (bicyclic) bond motifs is 2. The molecule has 4 rings (SSSR count). The largest absolute Gasteiger partial charge is 0.480 e. The van der Waals surface area contributed by atoms with Crippen molar-refractivity contribution >= 4 is 28.0 Å². The molecule has 11 heteroatoms. The molecule has 0 radical (unpaired) electrons. The summed E-state index contributed by atoms with van der Waals surface area (Å²) >= 11 is 0. The number of rotatable bonds is 3. The van der Waals surface area contributed by atoms with Crippen molar-refractivity contribution in [3.63, 3.8) is 0 Å². The molecular formula is C16H16N6O5. The maximum Gasteiger partial charge on any atom is 0.327 e. The maximum atomic E-state index is 10.9. The molecule has 27 heavy (non-hydrogen) atoms. The molecule has 3 heterocycles. The lowest BCUT2D eigenvalue weighted by Crippen LogP contribution is -2.32. The molecule has 0 amide bonds. The number of hydrogen-bond donors (Lipinski definition) is 7. The van der Waals surface area contributed by atoms with Gasteiger partial charge in [-0.05, 0) is 11.6 Å². The monoisotopic (exact) mass is 372 g/mol. The Balaban J connectivity index is 0.000000159. The molecule has 3 aromatic heterocycles. The summed E-state index contributed by atoms with van der Waals surface area (Å²) in [5.74, 6) is -0.972. The van der Waals surface area contributed by atoms with Gasteiger partial charge in [0, 0.05) is 23.5 Å². The summed E-state index contributed by atoms with van der Waals surface area (Å²) in [5, 5.41) is 9.75. The Bertz CT molecular complexity index is 1270. The zero-order valence-corrected chi connectivity index (χ0v) is 13.8. The average Bonchev–Trinajstić information content (AvgIpc) is 3.19. The fourth-order valence-corrected chi connectivity index (χ4v) is 2.58. The molecule has 0 spiro atoms.